The maximum Gasteiger partial charge on any atom is 0.332 e. The first-order valence-electron chi connectivity index (χ1n) is 24.1. The van der Waals surface area contributed by atoms with Crippen molar-refractivity contribution in [1.82, 2.24) is 0 Å². The fraction of sp³-hybridized carbons (Fsp3) is 0.564. The largest absolute Gasteiger partial charge is 0.332 e. The normalized spacial score (nSPS) is 19.6. The van der Waals surface area contributed by atoms with E-state index in [0.717, 1.165) is 58.4 Å². The summed E-state index contributed by atoms with van der Waals surface area (Å²) in [6.07, 6.45) is 20.4. The van der Waals surface area contributed by atoms with E-state index in [9.17, 15) is 35.1 Å². The van der Waals surface area contributed by atoms with Crippen LogP contribution in [0.15, 0.2) is 97.1 Å². The van der Waals surface area contributed by atoms with Crippen LogP contribution in [0.3, 0.4) is 0 Å². The smallest absolute Gasteiger partial charge is 0.203 e. The summed E-state index contributed by atoms with van der Waals surface area (Å²) in [5, 5.41) is 0. The number of alkyl halides is 8. The minimum Gasteiger partial charge on any atom is -0.203 e. The first-order chi connectivity index (χ1) is 30.3. The number of unbranched alkanes of at least 4 members (excludes halogenated alkanes) is 9. The first-order valence-corrected chi connectivity index (χ1v) is 24.1. The van der Waals surface area contributed by atoms with E-state index in [-0.39, 0.29) is 0 Å². The second kappa shape index (κ2) is 25.1. The third kappa shape index (κ3) is 14.9. The molecule has 6 rings (SSSR count). The molecule has 0 aromatic heterocycles. The molecule has 2 aliphatic rings. The van der Waals surface area contributed by atoms with Gasteiger partial charge < -0.3 is 0 Å². The summed E-state index contributed by atoms with van der Waals surface area (Å²) < 4.78 is 104. The summed E-state index contributed by atoms with van der Waals surface area (Å²) >= 11 is 0. The lowest BCUT2D eigenvalue weighted by atomic mass is 9.77. The quantitative estimate of drug-likeness (QED) is 0.0578. The van der Waals surface area contributed by atoms with Crippen LogP contribution < -0.4 is 0 Å². The Hall–Kier alpha value is -3.68. The lowest BCUT2D eigenvalue weighted by molar-refractivity contribution is -0.135. The van der Waals surface area contributed by atoms with Gasteiger partial charge in [-0.3, -0.25) is 0 Å². The summed E-state index contributed by atoms with van der Waals surface area (Å²) in [5.41, 5.74) is 4.73. The van der Waals surface area contributed by atoms with E-state index in [1.54, 1.807) is 0 Å². The lowest BCUT2D eigenvalue weighted by Gasteiger charge is -2.29. The molecule has 0 radical (unpaired) electrons. The first kappa shape index (κ1) is 50.3. The van der Waals surface area contributed by atoms with Gasteiger partial charge in [0, 0.05) is 11.1 Å². The summed E-state index contributed by atoms with van der Waals surface area (Å²) in [6, 6.07) is 26.9. The molecule has 0 amide bonds. The molecule has 0 spiro atoms. The number of rotatable bonds is 21. The van der Waals surface area contributed by atoms with Gasteiger partial charge in [0.1, 0.15) is 0 Å². The number of benzene rings is 4. The van der Waals surface area contributed by atoms with Crippen LogP contribution in [0.25, 0.3) is 22.3 Å². The Morgan fingerprint density at radius 2 is 0.651 bits per heavy atom. The second-order valence-electron chi connectivity index (χ2n) is 18.4. The molecule has 0 heterocycles. The topological polar surface area (TPSA) is 0 Å². The van der Waals surface area contributed by atoms with E-state index in [1.165, 1.54) is 170 Å². The van der Waals surface area contributed by atoms with Crippen LogP contribution in [0.4, 0.5) is 35.1 Å². The van der Waals surface area contributed by atoms with E-state index in [1.807, 2.05) is 24.3 Å². The van der Waals surface area contributed by atoms with E-state index in [2.05, 4.69) is 38.1 Å². The molecule has 0 saturated heterocycles. The van der Waals surface area contributed by atoms with Gasteiger partial charge >= 0.3 is 24.7 Å². The summed E-state index contributed by atoms with van der Waals surface area (Å²) in [4.78, 5) is 0. The van der Waals surface area contributed by atoms with Crippen molar-refractivity contribution >= 4 is 0 Å². The molecular weight excluding hydrogens is 813 g/mol. The molecule has 2 saturated carbocycles. The highest BCUT2D eigenvalue weighted by Crippen LogP contribution is 2.41. The zero-order chi connectivity index (χ0) is 45.2. The zero-order valence-electron chi connectivity index (χ0n) is 37.6. The standard InChI is InChI=1S/C28H36F4.C27H34F4/c1-2-3-4-5-6-7-8-21-9-11-22(12-10-21)23-13-15-24(16-14-23)25-17-19-26(20-18-25)28(31,32)27(29)30;1-2-3-4-5-6-7-20-8-10-21(11-9-20)22-12-14-23(15-13-22)24-16-18-25(19-17-24)27(30,31)26(28)29/h13-22,27H,2-12H2,1H3;12-21,26H,2-11H2,1H3. The average Bonchev–Trinajstić information content (AvgIpc) is 3.31. The predicted octanol–water partition coefficient (Wildman–Crippen LogP) is 19.1. The molecule has 0 nitrogen and oxygen atoms in total. The summed E-state index contributed by atoms with van der Waals surface area (Å²) in [5.74, 6) is -5.29. The zero-order valence-corrected chi connectivity index (χ0v) is 37.6. The minimum atomic E-state index is -4.11. The molecule has 0 unspecified atom stereocenters. The number of halogens is 8. The fourth-order valence-electron chi connectivity index (χ4n) is 9.74. The van der Waals surface area contributed by atoms with Gasteiger partial charge in [-0.2, -0.15) is 17.6 Å². The van der Waals surface area contributed by atoms with Gasteiger partial charge in [0.25, 0.3) is 0 Å². The van der Waals surface area contributed by atoms with Crippen molar-refractivity contribution in [3.63, 3.8) is 0 Å². The average molecular weight is 883 g/mol. The minimum absolute atomic E-state index is 0.594. The maximum absolute atomic E-state index is 13.5. The van der Waals surface area contributed by atoms with Crippen LogP contribution in [0.2, 0.25) is 0 Å². The van der Waals surface area contributed by atoms with E-state index in [4.69, 9.17) is 0 Å². The van der Waals surface area contributed by atoms with Gasteiger partial charge in [-0.15, -0.1) is 0 Å². The van der Waals surface area contributed by atoms with Gasteiger partial charge in [-0.1, -0.05) is 194 Å². The molecule has 0 aliphatic heterocycles. The molecule has 0 atom stereocenters. The van der Waals surface area contributed by atoms with E-state index >= 15 is 0 Å². The molecule has 0 bridgehead atoms. The van der Waals surface area contributed by atoms with Crippen LogP contribution in [0.1, 0.15) is 183 Å². The van der Waals surface area contributed by atoms with Crippen molar-refractivity contribution in [3.05, 3.63) is 119 Å². The van der Waals surface area contributed by atoms with Gasteiger partial charge in [0.15, 0.2) is 0 Å². The SMILES string of the molecule is CCCCCCCC1CCC(c2ccc(-c3ccc(C(F)(F)C(F)F)cc3)cc2)CC1.CCCCCCCCC1CCC(c2ccc(-c3ccc(C(F)(F)C(F)F)cc3)cc2)CC1. The Balaban J connectivity index is 0.000000238. The van der Waals surface area contributed by atoms with Crippen LogP contribution in [-0.4, -0.2) is 12.9 Å². The van der Waals surface area contributed by atoms with Crippen molar-refractivity contribution in [2.45, 2.75) is 185 Å². The van der Waals surface area contributed by atoms with Gasteiger partial charge in [-0.25, -0.2) is 17.6 Å². The Bertz CT molecular complexity index is 1840. The Morgan fingerprint density at radius 3 is 0.937 bits per heavy atom. The molecule has 4 aromatic rings. The Morgan fingerprint density at radius 1 is 0.381 bits per heavy atom. The molecule has 8 heteroatoms. The van der Waals surface area contributed by atoms with Gasteiger partial charge in [0.05, 0.1) is 0 Å². The van der Waals surface area contributed by atoms with Crippen molar-refractivity contribution in [2.75, 3.05) is 0 Å². The van der Waals surface area contributed by atoms with Crippen molar-refractivity contribution in [1.29, 1.82) is 0 Å². The second-order valence-corrected chi connectivity index (χ2v) is 18.4. The third-order valence-electron chi connectivity index (χ3n) is 13.9. The molecule has 63 heavy (non-hydrogen) atoms. The Labute approximate surface area is 372 Å². The monoisotopic (exact) mass is 883 g/mol. The van der Waals surface area contributed by atoms with Gasteiger partial charge in [-0.05, 0) is 108 Å². The van der Waals surface area contributed by atoms with Crippen LogP contribution in [-0.2, 0) is 11.8 Å². The van der Waals surface area contributed by atoms with Crippen LogP contribution >= 0.6 is 0 Å². The van der Waals surface area contributed by atoms with Gasteiger partial charge in [0.2, 0.25) is 0 Å². The van der Waals surface area contributed by atoms with E-state index < -0.39 is 35.8 Å². The maximum atomic E-state index is 13.5. The summed E-state index contributed by atoms with van der Waals surface area (Å²) in [6.45, 7) is 4.51. The van der Waals surface area contributed by atoms with E-state index in [0.29, 0.717) is 11.8 Å². The third-order valence-corrected chi connectivity index (χ3v) is 13.9. The van der Waals surface area contributed by atoms with Crippen molar-refractivity contribution in [2.24, 2.45) is 11.8 Å². The predicted molar refractivity (Wildman–Crippen MR) is 244 cm³/mol. The highest BCUT2D eigenvalue weighted by atomic mass is 19.3. The molecule has 4 aromatic carbocycles. The van der Waals surface area contributed by atoms with Crippen LogP contribution in [0.5, 0.6) is 0 Å². The van der Waals surface area contributed by atoms with Crippen molar-refractivity contribution in [3.8, 4) is 22.3 Å². The molecule has 2 aliphatic carbocycles. The highest BCUT2D eigenvalue weighted by Gasteiger charge is 2.43. The lowest BCUT2D eigenvalue weighted by Crippen LogP contribution is -2.23. The summed E-state index contributed by atoms with van der Waals surface area (Å²) in [7, 11) is 0. The number of hydrogen-bond donors (Lipinski definition) is 0. The van der Waals surface area contributed by atoms with Crippen LogP contribution in [0, 0.1) is 11.8 Å². The molecule has 346 valence electrons. The molecular formula is C55H70F8. The highest BCUT2D eigenvalue weighted by molar-refractivity contribution is 5.65. The van der Waals surface area contributed by atoms with Crippen molar-refractivity contribution < 1.29 is 35.1 Å². The Kier molecular flexibility index (Phi) is 20.1. The molecule has 2 fully saturated rings. The number of hydrogen-bond acceptors (Lipinski definition) is 0. The fourth-order valence-corrected chi connectivity index (χ4v) is 9.74. The molecule has 0 N–H and O–H groups in total.